The highest BCUT2D eigenvalue weighted by Gasteiger charge is 2.47. The van der Waals surface area contributed by atoms with Crippen LogP contribution in [0.5, 0.6) is 0 Å². The first-order valence-electron chi connectivity index (χ1n) is 5.50. The number of hydrogen-bond donors (Lipinski definition) is 0. The fraction of sp³-hybridized carbons (Fsp3) is 0.545. The zero-order chi connectivity index (χ0) is 13.6. The molecule has 0 aromatic carbocycles. The molecule has 18 heavy (non-hydrogen) atoms. The van der Waals surface area contributed by atoms with Crippen molar-refractivity contribution in [3.8, 4) is 6.07 Å². The Morgan fingerprint density at radius 2 is 2.11 bits per heavy atom. The van der Waals surface area contributed by atoms with Gasteiger partial charge in [-0.2, -0.15) is 9.57 Å². The minimum Gasteiger partial charge on any atom is -0.206 e. The van der Waals surface area contributed by atoms with E-state index in [1.165, 1.54) is 15.6 Å². The second-order valence-corrected chi connectivity index (χ2v) is 9.27. The molecule has 98 valence electrons. The maximum absolute atomic E-state index is 12.6. The van der Waals surface area contributed by atoms with Crippen LogP contribution in [0.3, 0.4) is 0 Å². The second-order valence-electron chi connectivity index (χ2n) is 4.76. The van der Waals surface area contributed by atoms with Crippen LogP contribution in [-0.2, 0) is 10.0 Å². The third-order valence-corrected chi connectivity index (χ3v) is 6.98. The molecule has 2 rings (SSSR count). The summed E-state index contributed by atoms with van der Waals surface area (Å²) in [6.45, 7) is 3.29. The first-order chi connectivity index (χ1) is 8.29. The zero-order valence-electron chi connectivity index (χ0n) is 10.1. The number of halogens is 1. The van der Waals surface area contributed by atoms with Gasteiger partial charge in [0.1, 0.15) is 9.75 Å². The van der Waals surface area contributed by atoms with E-state index in [1.54, 1.807) is 26.0 Å². The Balaban J connectivity index is 2.47. The summed E-state index contributed by atoms with van der Waals surface area (Å²) in [4.78, 5) is 0. The highest BCUT2D eigenvalue weighted by atomic mass is 79.9. The molecule has 1 aromatic heterocycles. The molecule has 1 heterocycles. The first kappa shape index (κ1) is 14.0. The molecule has 0 spiro atoms. The van der Waals surface area contributed by atoms with Crippen LogP contribution in [0.25, 0.3) is 0 Å². The number of nitrogens with zero attached hydrogens (tertiary/aromatic N) is 2. The third kappa shape index (κ3) is 2.48. The van der Waals surface area contributed by atoms with Crippen molar-refractivity contribution in [2.75, 3.05) is 0 Å². The molecule has 1 aliphatic rings. The summed E-state index contributed by atoms with van der Waals surface area (Å²) < 4.78 is 27.6. The normalized spacial score (nSPS) is 16.8. The Morgan fingerprint density at radius 1 is 1.50 bits per heavy atom. The molecule has 7 heteroatoms. The van der Waals surface area contributed by atoms with Gasteiger partial charge in [-0.3, -0.25) is 0 Å². The summed E-state index contributed by atoms with van der Waals surface area (Å²) in [7, 11) is -3.59. The highest BCUT2D eigenvalue weighted by molar-refractivity contribution is 9.11. The zero-order valence-corrected chi connectivity index (χ0v) is 13.3. The van der Waals surface area contributed by atoms with Crippen molar-refractivity contribution in [2.45, 2.75) is 42.5 Å². The molecule has 0 unspecified atom stereocenters. The lowest BCUT2D eigenvalue weighted by Gasteiger charge is -2.31. The number of nitriles is 1. The van der Waals surface area contributed by atoms with E-state index >= 15 is 0 Å². The van der Waals surface area contributed by atoms with Crippen LogP contribution in [0.1, 0.15) is 26.7 Å². The molecule has 4 nitrogen and oxygen atoms in total. The monoisotopic (exact) mass is 348 g/mol. The standard InChI is InChI=1S/C11H13BrN2O2S2/c1-11(2,7-13)14(8-3-4-8)18(15,16)10-6-5-9(12)17-10/h5-6,8H,3-4H2,1-2H3. The molecule has 1 saturated carbocycles. The Hall–Kier alpha value is -0.420. The van der Waals surface area contributed by atoms with Gasteiger partial charge in [0.05, 0.1) is 9.86 Å². The first-order valence-corrected chi connectivity index (χ1v) is 8.55. The van der Waals surface area contributed by atoms with Crippen LogP contribution >= 0.6 is 27.3 Å². The van der Waals surface area contributed by atoms with E-state index in [1.807, 2.05) is 0 Å². The van der Waals surface area contributed by atoms with Crippen molar-refractivity contribution < 1.29 is 8.42 Å². The van der Waals surface area contributed by atoms with E-state index in [-0.39, 0.29) is 10.3 Å². The van der Waals surface area contributed by atoms with Gasteiger partial charge in [0.2, 0.25) is 0 Å². The van der Waals surface area contributed by atoms with Crippen LogP contribution in [0, 0.1) is 11.3 Å². The lowest BCUT2D eigenvalue weighted by atomic mass is 10.1. The Kier molecular flexibility index (Phi) is 3.58. The van der Waals surface area contributed by atoms with Crippen molar-refractivity contribution in [3.63, 3.8) is 0 Å². The Bertz CT molecular complexity index is 597. The minimum absolute atomic E-state index is 0.0366. The lowest BCUT2D eigenvalue weighted by molar-refractivity contribution is 0.281. The number of sulfonamides is 1. The predicted molar refractivity (Wildman–Crippen MR) is 73.8 cm³/mol. The van der Waals surface area contributed by atoms with E-state index in [2.05, 4.69) is 22.0 Å². The maximum atomic E-state index is 12.6. The fourth-order valence-corrected chi connectivity index (χ4v) is 5.90. The second kappa shape index (κ2) is 4.60. The Labute approximate surface area is 119 Å². The summed E-state index contributed by atoms with van der Waals surface area (Å²) in [5.74, 6) is 0. The van der Waals surface area contributed by atoms with Gasteiger partial charge in [0.15, 0.2) is 0 Å². The molecule has 0 saturated heterocycles. The van der Waals surface area contributed by atoms with Gasteiger partial charge in [-0.1, -0.05) is 0 Å². The summed E-state index contributed by atoms with van der Waals surface area (Å²) >= 11 is 4.44. The van der Waals surface area contributed by atoms with Gasteiger partial charge in [0.25, 0.3) is 10.0 Å². The van der Waals surface area contributed by atoms with Crippen molar-refractivity contribution >= 4 is 37.3 Å². The molecule has 1 fully saturated rings. The summed E-state index contributed by atoms with van der Waals surface area (Å²) in [5.41, 5.74) is -1.02. The van der Waals surface area contributed by atoms with E-state index < -0.39 is 15.6 Å². The highest BCUT2D eigenvalue weighted by Crippen LogP contribution is 2.39. The molecular formula is C11H13BrN2O2S2. The molecule has 0 amide bonds. The van der Waals surface area contributed by atoms with E-state index in [0.717, 1.165) is 16.6 Å². The molecule has 0 N–H and O–H groups in total. The smallest absolute Gasteiger partial charge is 0.206 e. The van der Waals surface area contributed by atoms with Crippen molar-refractivity contribution in [1.82, 2.24) is 4.31 Å². The van der Waals surface area contributed by atoms with Gasteiger partial charge in [-0.25, -0.2) is 8.42 Å². The molecule has 1 aliphatic carbocycles. The third-order valence-electron chi connectivity index (χ3n) is 2.76. The van der Waals surface area contributed by atoms with E-state index in [4.69, 9.17) is 0 Å². The molecule has 0 aliphatic heterocycles. The lowest BCUT2D eigenvalue weighted by Crippen LogP contribution is -2.47. The SMILES string of the molecule is CC(C)(C#N)N(C1CC1)S(=O)(=O)c1ccc(Br)s1. The summed E-state index contributed by atoms with van der Waals surface area (Å²) in [6.07, 6.45) is 1.66. The van der Waals surface area contributed by atoms with Crippen LogP contribution in [0.4, 0.5) is 0 Å². The van der Waals surface area contributed by atoms with E-state index in [9.17, 15) is 13.7 Å². The molecule has 0 bridgehead atoms. The fourth-order valence-electron chi connectivity index (χ4n) is 1.84. The molecular weight excluding hydrogens is 336 g/mol. The molecule has 0 radical (unpaired) electrons. The van der Waals surface area contributed by atoms with Crippen LogP contribution in [0.2, 0.25) is 0 Å². The van der Waals surface area contributed by atoms with Gasteiger partial charge in [0, 0.05) is 6.04 Å². The summed E-state index contributed by atoms with van der Waals surface area (Å²) in [6, 6.07) is 5.34. The average Bonchev–Trinajstić information content (AvgIpc) is 2.98. The largest absolute Gasteiger partial charge is 0.254 e. The van der Waals surface area contributed by atoms with Gasteiger partial charge in [-0.15, -0.1) is 11.3 Å². The number of rotatable bonds is 4. The molecule has 0 atom stereocenters. The van der Waals surface area contributed by atoms with Crippen LogP contribution in [-0.4, -0.2) is 24.3 Å². The van der Waals surface area contributed by atoms with Crippen LogP contribution in [0.15, 0.2) is 20.1 Å². The van der Waals surface area contributed by atoms with Crippen molar-refractivity contribution in [3.05, 3.63) is 15.9 Å². The minimum atomic E-state index is -3.59. The topological polar surface area (TPSA) is 61.2 Å². The average molecular weight is 349 g/mol. The Morgan fingerprint density at radius 3 is 2.50 bits per heavy atom. The van der Waals surface area contributed by atoms with Crippen molar-refractivity contribution in [1.29, 1.82) is 5.26 Å². The summed E-state index contributed by atoms with van der Waals surface area (Å²) in [5, 5.41) is 9.19. The van der Waals surface area contributed by atoms with Gasteiger partial charge >= 0.3 is 0 Å². The predicted octanol–water partition coefficient (Wildman–Crippen LogP) is 2.97. The van der Waals surface area contributed by atoms with Gasteiger partial charge in [-0.05, 0) is 54.8 Å². The molecule has 1 aromatic rings. The number of thiophene rings is 1. The van der Waals surface area contributed by atoms with E-state index in [0.29, 0.717) is 0 Å². The quantitative estimate of drug-likeness (QED) is 0.840. The van der Waals surface area contributed by atoms with Crippen molar-refractivity contribution in [2.24, 2.45) is 0 Å². The maximum Gasteiger partial charge on any atom is 0.254 e. The number of hydrogen-bond acceptors (Lipinski definition) is 4. The van der Waals surface area contributed by atoms with Crippen LogP contribution < -0.4 is 0 Å². The van der Waals surface area contributed by atoms with Gasteiger partial charge < -0.3 is 0 Å².